The molecule has 0 aliphatic carbocycles. The van der Waals surface area contributed by atoms with E-state index in [0.29, 0.717) is 30.9 Å². The molecule has 0 saturated heterocycles. The minimum absolute atomic E-state index is 0.00108. The van der Waals surface area contributed by atoms with E-state index < -0.39 is 11.4 Å². The number of ketones is 1. The summed E-state index contributed by atoms with van der Waals surface area (Å²) < 4.78 is 8.24. The molecule has 224 valence electrons. The number of hydrogen-bond acceptors (Lipinski definition) is 7. The van der Waals surface area contributed by atoms with E-state index in [1.165, 1.54) is 0 Å². The summed E-state index contributed by atoms with van der Waals surface area (Å²) in [5, 5.41) is 16.7. The number of rotatable bonds is 11. The van der Waals surface area contributed by atoms with Crippen molar-refractivity contribution in [3.05, 3.63) is 86.9 Å². The summed E-state index contributed by atoms with van der Waals surface area (Å²) >= 11 is 3.17. The van der Waals surface area contributed by atoms with Crippen molar-refractivity contribution in [3.8, 4) is 16.3 Å². The van der Waals surface area contributed by atoms with E-state index in [1.807, 2.05) is 56.7 Å². The number of aryl methyl sites for hydroxylation is 1. The maximum Gasteiger partial charge on any atom is 0.309 e. The number of carboxylic acids is 1. The third kappa shape index (κ3) is 7.05. The second-order valence-electron chi connectivity index (χ2n) is 12.8. The lowest BCUT2D eigenvalue weighted by Crippen LogP contribution is -2.28. The number of aliphatic carboxylic acids is 1. The smallest absolute Gasteiger partial charge is 0.309 e. The molecule has 9 heteroatoms. The van der Waals surface area contributed by atoms with Crippen molar-refractivity contribution in [2.75, 3.05) is 0 Å². The molecule has 0 spiro atoms. The van der Waals surface area contributed by atoms with E-state index in [0.717, 1.165) is 43.4 Å². The Labute approximate surface area is 260 Å². The number of ether oxygens (including phenoxy) is 1. The maximum atomic E-state index is 14.1. The molecule has 0 aliphatic heterocycles. The van der Waals surface area contributed by atoms with E-state index in [-0.39, 0.29) is 17.6 Å². The minimum atomic E-state index is -1.08. The van der Waals surface area contributed by atoms with Gasteiger partial charge in [-0.3, -0.25) is 9.59 Å². The number of fused-ring (bicyclic) bond motifs is 1. The van der Waals surface area contributed by atoms with Gasteiger partial charge in [-0.25, -0.2) is 9.97 Å². The number of carboxylic acid groups (broad SMARTS) is 1. The molecule has 3 aromatic heterocycles. The number of benzene rings is 2. The second-order valence-corrected chi connectivity index (χ2v) is 14.8. The fourth-order valence-electron chi connectivity index (χ4n) is 5.15. The van der Waals surface area contributed by atoms with Gasteiger partial charge in [-0.1, -0.05) is 45.0 Å². The van der Waals surface area contributed by atoms with Crippen LogP contribution in [-0.4, -0.2) is 31.4 Å². The van der Waals surface area contributed by atoms with E-state index in [9.17, 15) is 14.7 Å². The normalized spacial score (nSPS) is 12.1. The molecule has 0 aliphatic rings. The topological polar surface area (TPSA) is 94.3 Å². The van der Waals surface area contributed by atoms with Crippen LogP contribution in [0.3, 0.4) is 0 Å². The zero-order chi connectivity index (χ0) is 30.9. The second kappa shape index (κ2) is 12.1. The van der Waals surface area contributed by atoms with Crippen LogP contribution in [0.2, 0.25) is 0 Å². The highest BCUT2D eigenvalue weighted by molar-refractivity contribution is 7.13. The SMILES string of the molecule is Cc1nc(COc2ccc3c(c2)c(C(=O)CC(C)(C)C)c(CC(C)(C)C(=O)O)n3Cc2ccc(-c3nccs3)cc2)cs1. The first-order valence-electron chi connectivity index (χ1n) is 14.2. The van der Waals surface area contributed by atoms with Crippen LogP contribution in [0.5, 0.6) is 5.75 Å². The molecule has 0 amide bonds. The van der Waals surface area contributed by atoms with Crippen molar-refractivity contribution >= 4 is 45.3 Å². The highest BCUT2D eigenvalue weighted by Gasteiger charge is 2.34. The highest BCUT2D eigenvalue weighted by atomic mass is 32.1. The molecule has 7 nitrogen and oxygen atoms in total. The summed E-state index contributed by atoms with van der Waals surface area (Å²) in [4.78, 5) is 35.3. The van der Waals surface area contributed by atoms with Crippen LogP contribution < -0.4 is 4.74 Å². The van der Waals surface area contributed by atoms with Crippen LogP contribution in [0.4, 0.5) is 0 Å². The van der Waals surface area contributed by atoms with E-state index in [2.05, 4.69) is 38.8 Å². The average Bonchev–Trinajstić information content (AvgIpc) is 3.67. The van der Waals surface area contributed by atoms with Crippen LogP contribution in [0, 0.1) is 17.8 Å². The van der Waals surface area contributed by atoms with E-state index in [4.69, 9.17) is 4.74 Å². The first kappa shape index (κ1) is 30.6. The Kier molecular flexibility index (Phi) is 8.58. The molecule has 3 heterocycles. The van der Waals surface area contributed by atoms with Crippen molar-refractivity contribution < 1.29 is 19.4 Å². The average molecular weight is 616 g/mol. The van der Waals surface area contributed by atoms with Gasteiger partial charge in [-0.2, -0.15) is 0 Å². The Balaban J connectivity index is 1.63. The summed E-state index contributed by atoms with van der Waals surface area (Å²) in [6.45, 7) is 12.3. The van der Waals surface area contributed by atoms with Gasteiger partial charge >= 0.3 is 5.97 Å². The van der Waals surface area contributed by atoms with Gasteiger partial charge < -0.3 is 14.4 Å². The summed E-state index contributed by atoms with van der Waals surface area (Å²) in [7, 11) is 0. The lowest BCUT2D eigenvalue weighted by molar-refractivity contribution is -0.146. The number of aromatic nitrogens is 3. The molecule has 0 bridgehead atoms. The highest BCUT2D eigenvalue weighted by Crippen LogP contribution is 2.37. The third-order valence-corrected chi connectivity index (χ3v) is 8.97. The van der Waals surface area contributed by atoms with E-state index in [1.54, 1.807) is 42.7 Å². The molecule has 0 saturated carbocycles. The zero-order valence-electron chi connectivity index (χ0n) is 25.4. The molecule has 0 atom stereocenters. The molecule has 1 N–H and O–H groups in total. The Bertz CT molecular complexity index is 1760. The van der Waals surface area contributed by atoms with Gasteiger partial charge in [-0.05, 0) is 49.9 Å². The summed E-state index contributed by atoms with van der Waals surface area (Å²) in [5.41, 5.74) is 3.79. The van der Waals surface area contributed by atoms with Crippen LogP contribution in [0.1, 0.15) is 73.4 Å². The molecular formula is C34H37N3O4S2. The number of carbonyl (C=O) groups excluding carboxylic acids is 1. The summed E-state index contributed by atoms with van der Waals surface area (Å²) in [6.07, 6.45) is 2.33. The van der Waals surface area contributed by atoms with Gasteiger partial charge in [0.15, 0.2) is 5.78 Å². The number of Topliss-reactive ketones (excluding diaryl/α,β-unsaturated/α-hetero) is 1. The summed E-state index contributed by atoms with van der Waals surface area (Å²) in [6, 6.07) is 14.1. The molecule has 5 aromatic rings. The quantitative estimate of drug-likeness (QED) is 0.150. The largest absolute Gasteiger partial charge is 0.487 e. The van der Waals surface area contributed by atoms with Crippen molar-refractivity contribution in [1.82, 2.24) is 14.5 Å². The lowest BCUT2D eigenvalue weighted by atomic mass is 9.83. The number of nitrogens with zero attached hydrogens (tertiary/aromatic N) is 3. The van der Waals surface area contributed by atoms with Crippen LogP contribution in [0.25, 0.3) is 21.5 Å². The number of thiazole rings is 2. The molecule has 5 rings (SSSR count). The van der Waals surface area contributed by atoms with Crippen molar-refractivity contribution in [1.29, 1.82) is 0 Å². The first-order chi connectivity index (χ1) is 20.3. The molecule has 0 unspecified atom stereocenters. The van der Waals surface area contributed by atoms with Gasteiger partial charge in [0, 0.05) is 64.1 Å². The van der Waals surface area contributed by atoms with Gasteiger partial charge in [0.2, 0.25) is 0 Å². The fourth-order valence-corrected chi connectivity index (χ4v) is 6.39. The summed E-state index contributed by atoms with van der Waals surface area (Å²) in [5.74, 6) is -0.273. The molecule has 43 heavy (non-hydrogen) atoms. The monoisotopic (exact) mass is 615 g/mol. The predicted molar refractivity (Wildman–Crippen MR) is 173 cm³/mol. The standard InChI is InChI=1S/C34H37N3O4S2/c1-21-36-24(20-43-21)19-41-25-11-12-27-26(15-25)30(29(38)17-33(2,3)4)28(16-34(5,6)32(39)40)37(27)18-22-7-9-23(10-8-22)31-35-13-14-42-31/h7-15,20H,16-19H2,1-6H3,(H,39,40). The molecule has 0 radical (unpaired) electrons. The number of carbonyl (C=O) groups is 2. The Morgan fingerprint density at radius 2 is 1.77 bits per heavy atom. The predicted octanol–water partition coefficient (Wildman–Crippen LogP) is 8.43. The van der Waals surface area contributed by atoms with Gasteiger partial charge in [0.25, 0.3) is 0 Å². The van der Waals surface area contributed by atoms with Crippen molar-refractivity contribution in [3.63, 3.8) is 0 Å². The van der Waals surface area contributed by atoms with Crippen molar-refractivity contribution in [2.45, 2.75) is 67.5 Å². The van der Waals surface area contributed by atoms with Gasteiger partial charge in [0.05, 0.1) is 16.1 Å². The lowest BCUT2D eigenvalue weighted by Gasteiger charge is -2.23. The molecule has 0 fully saturated rings. The molecule has 2 aromatic carbocycles. The Morgan fingerprint density at radius 3 is 2.37 bits per heavy atom. The zero-order valence-corrected chi connectivity index (χ0v) is 27.1. The van der Waals surface area contributed by atoms with E-state index >= 15 is 0 Å². The Hall–Kier alpha value is -3.82. The first-order valence-corrected chi connectivity index (χ1v) is 16.0. The van der Waals surface area contributed by atoms with Crippen LogP contribution >= 0.6 is 22.7 Å². The Morgan fingerprint density at radius 1 is 1.02 bits per heavy atom. The maximum absolute atomic E-state index is 14.1. The van der Waals surface area contributed by atoms with Crippen LogP contribution in [0.15, 0.2) is 59.4 Å². The third-order valence-electron chi connectivity index (χ3n) is 7.33. The van der Waals surface area contributed by atoms with Crippen LogP contribution in [-0.2, 0) is 24.4 Å². The van der Waals surface area contributed by atoms with Gasteiger partial charge in [-0.15, -0.1) is 22.7 Å². The van der Waals surface area contributed by atoms with Crippen molar-refractivity contribution in [2.24, 2.45) is 10.8 Å². The fraction of sp³-hybridized carbons (Fsp3) is 0.353. The van der Waals surface area contributed by atoms with Gasteiger partial charge in [0.1, 0.15) is 17.4 Å². The minimum Gasteiger partial charge on any atom is -0.487 e. The number of hydrogen-bond donors (Lipinski definition) is 1. The molecular weight excluding hydrogens is 579 g/mol.